The van der Waals surface area contributed by atoms with Gasteiger partial charge in [-0.3, -0.25) is 4.79 Å². The van der Waals surface area contributed by atoms with Crippen LogP contribution in [-0.4, -0.2) is 24.2 Å². The van der Waals surface area contributed by atoms with Crippen LogP contribution >= 0.6 is 11.8 Å². The minimum atomic E-state index is -0.181. The fraction of sp³-hybridized carbons (Fsp3) is 0.462. The van der Waals surface area contributed by atoms with Crippen LogP contribution in [0.1, 0.15) is 20.8 Å². The summed E-state index contributed by atoms with van der Waals surface area (Å²) in [6.07, 6.45) is 2.03. The van der Waals surface area contributed by atoms with Gasteiger partial charge < -0.3 is 10.6 Å². The Labute approximate surface area is 107 Å². The summed E-state index contributed by atoms with van der Waals surface area (Å²) in [5.41, 5.74) is 0.792. The largest absolute Gasteiger partial charge is 0.376 e. The lowest BCUT2D eigenvalue weighted by Crippen LogP contribution is -2.43. The van der Waals surface area contributed by atoms with Crippen molar-refractivity contribution in [1.29, 1.82) is 0 Å². The minimum absolute atomic E-state index is 0.00653. The summed E-state index contributed by atoms with van der Waals surface area (Å²) in [6.45, 7) is 6.22. The smallest absolute Gasteiger partial charge is 0.239 e. The van der Waals surface area contributed by atoms with Crippen LogP contribution in [-0.2, 0) is 4.79 Å². The molecule has 2 N–H and O–H groups in total. The van der Waals surface area contributed by atoms with Gasteiger partial charge in [-0.15, -0.1) is 11.8 Å². The van der Waals surface area contributed by atoms with Gasteiger partial charge in [0, 0.05) is 16.1 Å². The molecule has 1 aromatic carbocycles. The number of hydrogen-bond donors (Lipinski definition) is 2. The van der Waals surface area contributed by atoms with Crippen LogP contribution in [0, 0.1) is 0 Å². The molecule has 0 aromatic heterocycles. The third-order valence-corrected chi connectivity index (χ3v) is 2.76. The zero-order valence-electron chi connectivity index (χ0n) is 10.8. The Hall–Kier alpha value is -1.16. The fourth-order valence-corrected chi connectivity index (χ4v) is 1.84. The molecule has 0 unspecified atom stereocenters. The maximum Gasteiger partial charge on any atom is 0.239 e. The number of carbonyl (C=O) groups excluding carboxylic acids is 1. The highest BCUT2D eigenvalue weighted by Gasteiger charge is 2.12. The zero-order chi connectivity index (χ0) is 12.9. The van der Waals surface area contributed by atoms with E-state index < -0.39 is 0 Å². The number of rotatable bonds is 4. The first-order chi connectivity index (χ1) is 7.90. The van der Waals surface area contributed by atoms with Crippen molar-refractivity contribution in [3.8, 4) is 0 Å². The van der Waals surface area contributed by atoms with E-state index in [9.17, 15) is 4.79 Å². The molecule has 0 atom stereocenters. The summed E-state index contributed by atoms with van der Waals surface area (Å²) < 4.78 is 0. The highest BCUT2D eigenvalue weighted by Crippen LogP contribution is 2.18. The van der Waals surface area contributed by atoms with E-state index in [0.717, 1.165) is 5.69 Å². The third-order valence-electron chi connectivity index (χ3n) is 2.04. The second kappa shape index (κ2) is 5.96. The number of hydrogen-bond acceptors (Lipinski definition) is 3. The van der Waals surface area contributed by atoms with Crippen LogP contribution in [0.25, 0.3) is 0 Å². The summed E-state index contributed by atoms with van der Waals surface area (Å²) in [7, 11) is 0. The fourth-order valence-electron chi connectivity index (χ4n) is 1.38. The normalized spacial score (nSPS) is 11.1. The SMILES string of the molecule is CSc1cccc(NCC(=O)NC(C)(C)C)c1. The summed E-state index contributed by atoms with van der Waals surface area (Å²) in [4.78, 5) is 12.8. The van der Waals surface area contributed by atoms with Gasteiger partial charge in [0.15, 0.2) is 0 Å². The average molecular weight is 252 g/mol. The lowest BCUT2D eigenvalue weighted by Gasteiger charge is -2.20. The van der Waals surface area contributed by atoms with Gasteiger partial charge in [0.05, 0.1) is 6.54 Å². The summed E-state index contributed by atoms with van der Waals surface area (Å²) in [5, 5.41) is 6.03. The molecule has 0 spiro atoms. The predicted octanol–water partition coefficient (Wildman–Crippen LogP) is 2.74. The van der Waals surface area contributed by atoms with Gasteiger partial charge in [-0.25, -0.2) is 0 Å². The molecule has 0 aliphatic carbocycles. The first kappa shape index (κ1) is 13.9. The third kappa shape index (κ3) is 5.63. The van der Waals surface area contributed by atoms with E-state index in [1.54, 1.807) is 11.8 Å². The topological polar surface area (TPSA) is 41.1 Å². The van der Waals surface area contributed by atoms with Crippen LogP contribution in [0.4, 0.5) is 5.69 Å². The Morgan fingerprint density at radius 2 is 2.06 bits per heavy atom. The van der Waals surface area contributed by atoms with E-state index in [2.05, 4.69) is 10.6 Å². The Morgan fingerprint density at radius 1 is 1.35 bits per heavy atom. The molecule has 0 bridgehead atoms. The van der Waals surface area contributed by atoms with Crippen LogP contribution < -0.4 is 10.6 Å². The Balaban J connectivity index is 2.47. The van der Waals surface area contributed by atoms with E-state index >= 15 is 0 Å². The first-order valence-electron chi connectivity index (χ1n) is 5.59. The second-order valence-corrected chi connectivity index (χ2v) is 5.76. The van der Waals surface area contributed by atoms with Gasteiger partial charge in [0.1, 0.15) is 0 Å². The molecule has 0 aliphatic rings. The van der Waals surface area contributed by atoms with E-state index in [1.165, 1.54) is 4.90 Å². The standard InChI is InChI=1S/C13H20N2OS/c1-13(2,3)15-12(16)9-14-10-6-5-7-11(8-10)17-4/h5-8,14H,9H2,1-4H3,(H,15,16). The van der Waals surface area contributed by atoms with Crippen LogP contribution in [0.2, 0.25) is 0 Å². The summed E-state index contributed by atoms with van der Waals surface area (Å²) >= 11 is 1.69. The molecule has 1 rings (SSSR count). The van der Waals surface area contributed by atoms with E-state index in [-0.39, 0.29) is 11.4 Å². The number of carbonyl (C=O) groups is 1. The molecule has 0 heterocycles. The molecular weight excluding hydrogens is 232 g/mol. The van der Waals surface area contributed by atoms with Crippen molar-refractivity contribution in [3.63, 3.8) is 0 Å². The van der Waals surface area contributed by atoms with Gasteiger partial charge in [-0.1, -0.05) is 6.07 Å². The maximum atomic E-state index is 11.6. The monoisotopic (exact) mass is 252 g/mol. The number of benzene rings is 1. The molecule has 0 radical (unpaired) electrons. The van der Waals surface area contributed by atoms with Crippen molar-refractivity contribution in [1.82, 2.24) is 5.32 Å². The number of nitrogens with one attached hydrogen (secondary N) is 2. The molecule has 94 valence electrons. The van der Waals surface area contributed by atoms with Gasteiger partial charge in [0.2, 0.25) is 5.91 Å². The Morgan fingerprint density at radius 3 is 2.65 bits per heavy atom. The minimum Gasteiger partial charge on any atom is -0.376 e. The molecule has 4 heteroatoms. The predicted molar refractivity (Wildman–Crippen MR) is 74.6 cm³/mol. The first-order valence-corrected chi connectivity index (χ1v) is 6.82. The molecule has 3 nitrogen and oxygen atoms in total. The molecule has 0 fully saturated rings. The van der Waals surface area contributed by atoms with E-state index in [1.807, 2.05) is 51.3 Å². The summed E-state index contributed by atoms with van der Waals surface area (Å²) in [6, 6.07) is 8.03. The van der Waals surface area contributed by atoms with Crippen molar-refractivity contribution in [3.05, 3.63) is 24.3 Å². The lowest BCUT2D eigenvalue weighted by molar-refractivity contribution is -0.120. The molecule has 1 aromatic rings. The van der Waals surface area contributed by atoms with Crippen LogP contribution in [0.5, 0.6) is 0 Å². The van der Waals surface area contributed by atoms with Crippen molar-refractivity contribution in [2.24, 2.45) is 0 Å². The lowest BCUT2D eigenvalue weighted by atomic mass is 10.1. The quantitative estimate of drug-likeness (QED) is 0.810. The zero-order valence-corrected chi connectivity index (χ0v) is 11.6. The molecular formula is C13H20N2OS. The molecule has 0 saturated heterocycles. The van der Waals surface area contributed by atoms with Gasteiger partial charge in [-0.05, 0) is 45.2 Å². The average Bonchev–Trinajstić information content (AvgIpc) is 2.24. The second-order valence-electron chi connectivity index (χ2n) is 4.88. The maximum absolute atomic E-state index is 11.6. The van der Waals surface area contributed by atoms with Gasteiger partial charge >= 0.3 is 0 Å². The van der Waals surface area contributed by atoms with E-state index in [0.29, 0.717) is 6.54 Å². The van der Waals surface area contributed by atoms with Crippen LogP contribution in [0.15, 0.2) is 29.2 Å². The molecule has 17 heavy (non-hydrogen) atoms. The number of thioether (sulfide) groups is 1. The molecule has 0 saturated carbocycles. The molecule has 1 amide bonds. The van der Waals surface area contributed by atoms with Gasteiger partial charge in [-0.2, -0.15) is 0 Å². The van der Waals surface area contributed by atoms with Crippen molar-refractivity contribution < 1.29 is 4.79 Å². The van der Waals surface area contributed by atoms with Crippen LogP contribution in [0.3, 0.4) is 0 Å². The summed E-state index contributed by atoms with van der Waals surface area (Å²) in [5.74, 6) is 0.00653. The van der Waals surface area contributed by atoms with Crippen molar-refractivity contribution in [2.45, 2.75) is 31.2 Å². The highest BCUT2D eigenvalue weighted by atomic mass is 32.2. The van der Waals surface area contributed by atoms with Gasteiger partial charge in [0.25, 0.3) is 0 Å². The Bertz CT molecular complexity index is 385. The molecule has 0 aliphatic heterocycles. The Kier molecular flexibility index (Phi) is 4.87. The van der Waals surface area contributed by atoms with Crippen molar-refractivity contribution >= 4 is 23.4 Å². The number of anilines is 1. The number of amides is 1. The highest BCUT2D eigenvalue weighted by molar-refractivity contribution is 7.98. The van der Waals surface area contributed by atoms with E-state index in [4.69, 9.17) is 0 Å². The van der Waals surface area contributed by atoms with Crippen molar-refractivity contribution in [2.75, 3.05) is 18.1 Å².